The van der Waals surface area contributed by atoms with Gasteiger partial charge in [0.15, 0.2) is 4.80 Å². The summed E-state index contributed by atoms with van der Waals surface area (Å²) < 4.78 is 7.90. The number of nitrogens with zero attached hydrogens (tertiary/aromatic N) is 4. The van der Waals surface area contributed by atoms with Crippen molar-refractivity contribution in [2.24, 2.45) is 4.99 Å². The number of thiazole rings is 1. The first-order valence-electron chi connectivity index (χ1n) is 12.0. The summed E-state index contributed by atoms with van der Waals surface area (Å²) in [6.07, 6.45) is 0. The van der Waals surface area contributed by atoms with Gasteiger partial charge < -0.3 is 19.1 Å². The fourth-order valence-electron chi connectivity index (χ4n) is 4.11. The van der Waals surface area contributed by atoms with Gasteiger partial charge in [-0.05, 0) is 44.2 Å². The van der Waals surface area contributed by atoms with Gasteiger partial charge in [-0.3, -0.25) is 9.59 Å². The molecular formula is C26H30N4O4S2. The number of benzene rings is 2. The molecule has 1 fully saturated rings. The first-order chi connectivity index (χ1) is 17.5. The van der Waals surface area contributed by atoms with Crippen LogP contribution < -0.4 is 9.70 Å². The van der Waals surface area contributed by atoms with E-state index < -0.39 is 0 Å². The second-order valence-electron chi connectivity index (χ2n) is 8.23. The third kappa shape index (κ3) is 6.17. The number of rotatable bonds is 8. The Morgan fingerprint density at radius 3 is 2.44 bits per heavy atom. The summed E-state index contributed by atoms with van der Waals surface area (Å²) in [6, 6.07) is 15.6. The Hall–Kier alpha value is -3.11. The molecule has 36 heavy (non-hydrogen) atoms. The van der Waals surface area contributed by atoms with Crippen LogP contribution in [0.25, 0.3) is 10.2 Å². The van der Waals surface area contributed by atoms with Gasteiger partial charge >= 0.3 is 5.97 Å². The number of amides is 2. The minimum atomic E-state index is -0.368. The molecular weight excluding hydrogens is 496 g/mol. The molecule has 0 unspecified atom stereocenters. The maximum Gasteiger partial charge on any atom is 0.338 e. The standard InChI is InChI=1S/C26H30N4O4S2/c1-3-30-21-11-10-19(25(33)34-4-2)16-22(21)36-26(30)27-23(31)17-35-18-24(32)29-14-12-28(13-15-29)20-8-6-5-7-9-20/h5-11,16H,3-4,12-15,17-18H2,1-2H3. The SMILES string of the molecule is CCOC(=O)c1ccc2c(c1)sc(=NC(=O)CSCC(=O)N1CCN(c3ccccc3)CC1)n2CC. The first kappa shape index (κ1) is 26.0. The lowest BCUT2D eigenvalue weighted by molar-refractivity contribution is -0.128. The van der Waals surface area contributed by atoms with Crippen molar-refractivity contribution in [2.45, 2.75) is 20.4 Å². The summed E-state index contributed by atoms with van der Waals surface area (Å²) in [5, 5.41) is 0. The van der Waals surface area contributed by atoms with Gasteiger partial charge in [-0.1, -0.05) is 29.5 Å². The average Bonchev–Trinajstić information content (AvgIpc) is 3.25. The van der Waals surface area contributed by atoms with Crippen molar-refractivity contribution in [1.29, 1.82) is 0 Å². The summed E-state index contributed by atoms with van der Waals surface area (Å²) in [5.41, 5.74) is 2.57. The molecule has 2 amide bonds. The van der Waals surface area contributed by atoms with E-state index in [1.54, 1.807) is 19.1 Å². The maximum atomic E-state index is 12.6. The van der Waals surface area contributed by atoms with Crippen molar-refractivity contribution in [3.8, 4) is 0 Å². The highest BCUT2D eigenvalue weighted by atomic mass is 32.2. The third-order valence-electron chi connectivity index (χ3n) is 5.94. The zero-order valence-electron chi connectivity index (χ0n) is 20.5. The first-order valence-corrected chi connectivity index (χ1v) is 14.0. The van der Waals surface area contributed by atoms with Gasteiger partial charge in [0.25, 0.3) is 5.91 Å². The predicted octanol–water partition coefficient (Wildman–Crippen LogP) is 3.41. The number of hydrogen-bond acceptors (Lipinski definition) is 7. The number of fused-ring (bicyclic) bond motifs is 1. The molecule has 0 saturated carbocycles. The van der Waals surface area contributed by atoms with Crippen LogP contribution in [0.5, 0.6) is 0 Å². The molecule has 0 N–H and O–H groups in total. The molecule has 1 saturated heterocycles. The molecule has 0 bridgehead atoms. The van der Waals surface area contributed by atoms with Crippen molar-refractivity contribution >= 4 is 56.8 Å². The fraction of sp³-hybridized carbons (Fsp3) is 0.385. The minimum absolute atomic E-state index is 0.0532. The molecule has 1 aliphatic rings. The van der Waals surface area contributed by atoms with E-state index in [1.165, 1.54) is 28.8 Å². The number of carbonyl (C=O) groups is 3. The number of para-hydroxylation sites is 1. The Morgan fingerprint density at radius 1 is 1.00 bits per heavy atom. The fourth-order valence-corrected chi connectivity index (χ4v) is 5.96. The monoisotopic (exact) mass is 526 g/mol. The van der Waals surface area contributed by atoms with Gasteiger partial charge in [0, 0.05) is 38.4 Å². The Bertz CT molecular complexity index is 1290. The molecule has 2 aromatic carbocycles. The number of piperazine rings is 1. The Balaban J connectivity index is 1.32. The molecule has 4 rings (SSSR count). The third-order valence-corrected chi connectivity index (χ3v) is 7.88. The molecule has 0 spiro atoms. The number of aryl methyl sites for hydroxylation is 1. The Morgan fingerprint density at radius 2 is 1.75 bits per heavy atom. The number of anilines is 1. The summed E-state index contributed by atoms with van der Waals surface area (Å²) in [6.45, 7) is 7.68. The Labute approximate surface area is 218 Å². The number of ether oxygens (including phenoxy) is 1. The van der Waals surface area contributed by atoms with Crippen molar-refractivity contribution in [3.63, 3.8) is 0 Å². The van der Waals surface area contributed by atoms with Crippen LogP contribution in [-0.2, 0) is 20.9 Å². The molecule has 0 radical (unpaired) electrons. The van der Waals surface area contributed by atoms with Crippen molar-refractivity contribution < 1.29 is 19.1 Å². The molecule has 3 aromatic rings. The van der Waals surface area contributed by atoms with Crippen LogP contribution in [0.4, 0.5) is 5.69 Å². The van der Waals surface area contributed by atoms with Crippen molar-refractivity contribution in [2.75, 3.05) is 49.2 Å². The second kappa shape index (κ2) is 12.2. The normalized spacial score (nSPS) is 14.3. The lowest BCUT2D eigenvalue weighted by Crippen LogP contribution is -2.49. The number of aromatic nitrogens is 1. The highest BCUT2D eigenvalue weighted by molar-refractivity contribution is 8.00. The van der Waals surface area contributed by atoms with Gasteiger partial charge in [0.2, 0.25) is 5.91 Å². The van der Waals surface area contributed by atoms with E-state index in [1.807, 2.05) is 40.7 Å². The van der Waals surface area contributed by atoms with Crippen LogP contribution in [0.2, 0.25) is 0 Å². The smallest absolute Gasteiger partial charge is 0.338 e. The van der Waals surface area contributed by atoms with E-state index in [4.69, 9.17) is 4.74 Å². The van der Waals surface area contributed by atoms with Crippen molar-refractivity contribution in [1.82, 2.24) is 9.47 Å². The van der Waals surface area contributed by atoms with E-state index in [2.05, 4.69) is 22.0 Å². The number of hydrogen-bond donors (Lipinski definition) is 0. The number of thioether (sulfide) groups is 1. The summed E-state index contributed by atoms with van der Waals surface area (Å²) in [4.78, 5) is 46.3. The van der Waals surface area contributed by atoms with Crippen LogP contribution in [0.15, 0.2) is 53.5 Å². The quantitative estimate of drug-likeness (QED) is 0.419. The van der Waals surface area contributed by atoms with E-state index in [0.29, 0.717) is 36.6 Å². The molecule has 0 atom stereocenters. The molecule has 1 aliphatic heterocycles. The van der Waals surface area contributed by atoms with Crippen LogP contribution in [-0.4, -0.2) is 71.5 Å². The molecule has 8 nitrogen and oxygen atoms in total. The molecule has 2 heterocycles. The van der Waals surface area contributed by atoms with Gasteiger partial charge in [0.1, 0.15) is 0 Å². The van der Waals surface area contributed by atoms with E-state index >= 15 is 0 Å². The van der Waals surface area contributed by atoms with Crippen LogP contribution in [0, 0.1) is 0 Å². The van der Waals surface area contributed by atoms with E-state index in [0.717, 1.165) is 23.3 Å². The van der Waals surface area contributed by atoms with Gasteiger partial charge in [-0.25, -0.2) is 4.79 Å². The zero-order valence-corrected chi connectivity index (χ0v) is 22.1. The lowest BCUT2D eigenvalue weighted by atomic mass is 10.2. The minimum Gasteiger partial charge on any atom is -0.462 e. The highest BCUT2D eigenvalue weighted by Crippen LogP contribution is 2.20. The van der Waals surface area contributed by atoms with Crippen LogP contribution in [0.3, 0.4) is 0 Å². The maximum absolute atomic E-state index is 12.6. The summed E-state index contributed by atoms with van der Waals surface area (Å²) >= 11 is 2.66. The summed E-state index contributed by atoms with van der Waals surface area (Å²) in [7, 11) is 0. The van der Waals surface area contributed by atoms with E-state index in [9.17, 15) is 14.4 Å². The molecule has 1 aromatic heterocycles. The number of esters is 1. The largest absolute Gasteiger partial charge is 0.462 e. The number of carbonyl (C=O) groups excluding carboxylic acids is 3. The zero-order chi connectivity index (χ0) is 25.5. The van der Waals surface area contributed by atoms with Gasteiger partial charge in [-0.2, -0.15) is 4.99 Å². The molecule has 10 heteroatoms. The highest BCUT2D eigenvalue weighted by Gasteiger charge is 2.21. The Kier molecular flexibility index (Phi) is 8.82. The van der Waals surface area contributed by atoms with Gasteiger partial charge in [-0.15, -0.1) is 11.8 Å². The second-order valence-corrected chi connectivity index (χ2v) is 10.2. The average molecular weight is 527 g/mol. The molecule has 190 valence electrons. The molecule has 0 aliphatic carbocycles. The van der Waals surface area contributed by atoms with Gasteiger partial charge in [0.05, 0.1) is 33.9 Å². The lowest BCUT2D eigenvalue weighted by Gasteiger charge is -2.36. The topological polar surface area (TPSA) is 84.2 Å². The van der Waals surface area contributed by atoms with Crippen LogP contribution in [0.1, 0.15) is 24.2 Å². The predicted molar refractivity (Wildman–Crippen MR) is 145 cm³/mol. The van der Waals surface area contributed by atoms with Crippen LogP contribution >= 0.6 is 23.1 Å². The van der Waals surface area contributed by atoms with Crippen molar-refractivity contribution in [3.05, 3.63) is 58.9 Å². The van der Waals surface area contributed by atoms with E-state index in [-0.39, 0.29) is 29.3 Å². The summed E-state index contributed by atoms with van der Waals surface area (Å²) in [5.74, 6) is -0.191.